The number of hydrogen-bond donors (Lipinski definition) is 3. The van der Waals surface area contributed by atoms with E-state index in [0.29, 0.717) is 5.56 Å². The van der Waals surface area contributed by atoms with E-state index in [-0.39, 0.29) is 12.3 Å². The number of amides is 3. The Balaban J connectivity index is 2.15. The lowest BCUT2D eigenvalue weighted by Crippen LogP contribution is -2.71. The zero-order valence-corrected chi connectivity index (χ0v) is 12.7. The summed E-state index contributed by atoms with van der Waals surface area (Å²) >= 11 is 0. The Bertz CT molecular complexity index is 668. The van der Waals surface area contributed by atoms with Crippen molar-refractivity contribution in [1.29, 1.82) is 0 Å². The average Bonchev–Trinajstić information content (AvgIpc) is 2.57. The van der Waals surface area contributed by atoms with Gasteiger partial charge in [-0.3, -0.25) is 20.6 Å². The molecule has 2 rings (SSSR count). The van der Waals surface area contributed by atoms with Gasteiger partial charge in [0.15, 0.2) is 0 Å². The first-order valence-electron chi connectivity index (χ1n) is 6.88. The summed E-state index contributed by atoms with van der Waals surface area (Å²) in [6, 6.07) is 2.18. The topological polar surface area (TPSA) is 119 Å². The third-order valence-electron chi connectivity index (χ3n) is 3.08. The number of urea groups is 1. The summed E-state index contributed by atoms with van der Waals surface area (Å²) in [6.45, 7) is 4.95. The van der Waals surface area contributed by atoms with Crippen LogP contribution in [0, 0.1) is 0 Å². The van der Waals surface area contributed by atoms with Crippen molar-refractivity contribution in [2.45, 2.75) is 18.8 Å². The van der Waals surface area contributed by atoms with E-state index in [1.165, 1.54) is 19.3 Å². The van der Waals surface area contributed by atoms with Gasteiger partial charge in [0.2, 0.25) is 6.23 Å². The quantitative estimate of drug-likeness (QED) is 0.380. The van der Waals surface area contributed by atoms with E-state index in [9.17, 15) is 18.8 Å². The summed E-state index contributed by atoms with van der Waals surface area (Å²) in [5.74, 6) is -2.96. The minimum absolute atomic E-state index is 0.157. The zero-order valence-electron chi connectivity index (χ0n) is 12.7. The number of esters is 1. The van der Waals surface area contributed by atoms with Gasteiger partial charge in [0, 0.05) is 18.0 Å². The molecule has 1 aromatic rings. The van der Waals surface area contributed by atoms with Gasteiger partial charge in [-0.25, -0.2) is 18.8 Å². The first-order chi connectivity index (χ1) is 11.4. The molecule has 2 heterocycles. The first-order valence-corrected chi connectivity index (χ1v) is 6.88. The van der Waals surface area contributed by atoms with Crippen LogP contribution in [0.1, 0.15) is 12.5 Å². The summed E-state index contributed by atoms with van der Waals surface area (Å²) in [6.07, 6.45) is 1.04. The van der Waals surface area contributed by atoms with Crippen molar-refractivity contribution in [1.82, 2.24) is 21.1 Å². The summed E-state index contributed by atoms with van der Waals surface area (Å²) < 4.78 is 19.5. The molecule has 0 aromatic carbocycles. The molecule has 1 saturated heterocycles. The van der Waals surface area contributed by atoms with Gasteiger partial charge in [-0.1, -0.05) is 6.58 Å². The molecule has 1 aliphatic heterocycles. The van der Waals surface area contributed by atoms with E-state index >= 15 is 0 Å². The largest absolute Gasteiger partial charge is 0.463 e. The van der Waals surface area contributed by atoms with Gasteiger partial charge in [-0.05, 0) is 19.1 Å². The minimum atomic E-state index is -3.25. The molecule has 0 bridgehead atoms. The number of halogens is 1. The minimum Gasteiger partial charge on any atom is -0.463 e. The molecule has 10 heteroatoms. The summed E-state index contributed by atoms with van der Waals surface area (Å²) in [5.41, 5.74) is -0.193. The van der Waals surface area contributed by atoms with Crippen LogP contribution in [-0.4, -0.2) is 41.4 Å². The number of carbonyl (C=O) groups excluding carboxylic acids is 3. The predicted octanol–water partition coefficient (Wildman–Crippen LogP) is 0.0104. The van der Waals surface area contributed by atoms with Crippen LogP contribution in [0.2, 0.25) is 0 Å². The fourth-order valence-corrected chi connectivity index (χ4v) is 1.86. The number of aromatic nitrogens is 1. The Kier molecular flexibility index (Phi) is 5.09. The number of alkyl halides is 1. The van der Waals surface area contributed by atoms with Crippen molar-refractivity contribution >= 4 is 23.6 Å². The molecule has 0 radical (unpaired) electrons. The third-order valence-corrected chi connectivity index (χ3v) is 3.08. The highest BCUT2D eigenvalue weighted by molar-refractivity contribution is 6.14. The second-order valence-electron chi connectivity index (χ2n) is 4.67. The van der Waals surface area contributed by atoms with Crippen molar-refractivity contribution < 1.29 is 28.3 Å². The molecule has 0 saturated carbocycles. The van der Waals surface area contributed by atoms with Crippen molar-refractivity contribution in [3.63, 3.8) is 0 Å². The van der Waals surface area contributed by atoms with Gasteiger partial charge >= 0.3 is 17.7 Å². The SMILES string of the molecule is C=C(NOC1NC(=O)NC(=O)C1(F)C(=O)OCC)c1ccncc1. The fraction of sp³-hybridized carbons (Fsp3) is 0.286. The van der Waals surface area contributed by atoms with Gasteiger partial charge < -0.3 is 10.1 Å². The summed E-state index contributed by atoms with van der Waals surface area (Å²) in [7, 11) is 0. The van der Waals surface area contributed by atoms with Gasteiger partial charge in [-0.2, -0.15) is 0 Å². The molecule has 9 nitrogen and oxygen atoms in total. The molecule has 1 aromatic heterocycles. The third kappa shape index (κ3) is 3.33. The summed E-state index contributed by atoms with van der Waals surface area (Å²) in [5, 5.41) is 3.65. The van der Waals surface area contributed by atoms with Crippen LogP contribution >= 0.6 is 0 Å². The van der Waals surface area contributed by atoms with Gasteiger partial charge in [0.05, 0.1) is 12.3 Å². The van der Waals surface area contributed by atoms with Crippen LogP contribution in [0.3, 0.4) is 0 Å². The Morgan fingerprint density at radius 1 is 1.46 bits per heavy atom. The maximum absolute atomic E-state index is 14.9. The maximum Gasteiger partial charge on any atom is 0.358 e. The normalized spacial score (nSPS) is 23.0. The lowest BCUT2D eigenvalue weighted by atomic mass is 10.0. The number of pyridine rings is 1. The van der Waals surface area contributed by atoms with E-state index < -0.39 is 29.8 Å². The van der Waals surface area contributed by atoms with Crippen LogP contribution < -0.4 is 16.1 Å². The number of carbonyl (C=O) groups is 3. The van der Waals surface area contributed by atoms with Crippen LogP contribution in [0.5, 0.6) is 0 Å². The number of hydroxylamine groups is 1. The second-order valence-corrected chi connectivity index (χ2v) is 4.67. The predicted molar refractivity (Wildman–Crippen MR) is 78.4 cm³/mol. The molecule has 128 valence electrons. The van der Waals surface area contributed by atoms with Crippen LogP contribution in [0.15, 0.2) is 31.1 Å². The van der Waals surface area contributed by atoms with Gasteiger partial charge in [0.1, 0.15) is 0 Å². The van der Waals surface area contributed by atoms with Crippen molar-refractivity contribution in [3.8, 4) is 0 Å². The van der Waals surface area contributed by atoms with Crippen molar-refractivity contribution in [3.05, 3.63) is 36.7 Å². The average molecular weight is 338 g/mol. The van der Waals surface area contributed by atoms with E-state index in [4.69, 9.17) is 4.84 Å². The molecule has 2 atom stereocenters. The molecule has 24 heavy (non-hydrogen) atoms. The second kappa shape index (κ2) is 7.04. The molecular formula is C14H15FN4O5. The van der Waals surface area contributed by atoms with Gasteiger partial charge in [0.25, 0.3) is 5.91 Å². The molecule has 2 unspecified atom stereocenters. The number of rotatable bonds is 6. The lowest BCUT2D eigenvalue weighted by Gasteiger charge is -2.34. The van der Waals surface area contributed by atoms with Crippen molar-refractivity contribution in [2.24, 2.45) is 0 Å². The number of nitrogens with zero attached hydrogens (tertiary/aromatic N) is 1. The highest BCUT2D eigenvalue weighted by Gasteiger charge is 2.60. The van der Waals surface area contributed by atoms with E-state index in [0.717, 1.165) is 0 Å². The number of nitrogens with one attached hydrogen (secondary N) is 3. The smallest absolute Gasteiger partial charge is 0.358 e. The number of imide groups is 1. The molecule has 1 aliphatic rings. The van der Waals surface area contributed by atoms with Crippen LogP contribution in [0.25, 0.3) is 5.70 Å². The molecule has 1 fully saturated rings. The highest BCUT2D eigenvalue weighted by Crippen LogP contribution is 2.23. The molecule has 0 aliphatic carbocycles. The lowest BCUT2D eigenvalue weighted by molar-refractivity contribution is -0.183. The van der Waals surface area contributed by atoms with Crippen LogP contribution in [0.4, 0.5) is 9.18 Å². The Hall–Kier alpha value is -3.01. The molecule has 3 N–H and O–H groups in total. The van der Waals surface area contributed by atoms with Crippen LogP contribution in [-0.2, 0) is 19.2 Å². The number of hydrogen-bond acceptors (Lipinski definition) is 7. The van der Waals surface area contributed by atoms with E-state index in [2.05, 4.69) is 21.8 Å². The molecule has 3 amide bonds. The highest BCUT2D eigenvalue weighted by atomic mass is 19.1. The molecule has 0 spiro atoms. The summed E-state index contributed by atoms with van der Waals surface area (Å²) in [4.78, 5) is 43.8. The first kappa shape index (κ1) is 17.3. The zero-order chi connectivity index (χ0) is 17.7. The standard InChI is InChI=1S/C14H15FN4O5/c1-3-23-12(21)14(15)10(20)17-13(22)18-11(14)24-19-8(2)9-4-6-16-7-5-9/h4-7,11,19H,2-3H2,1H3,(H2,17,18,20,22). The van der Waals surface area contributed by atoms with E-state index in [1.807, 2.05) is 5.32 Å². The van der Waals surface area contributed by atoms with Crippen molar-refractivity contribution in [2.75, 3.05) is 6.61 Å². The molecular weight excluding hydrogens is 323 g/mol. The monoisotopic (exact) mass is 338 g/mol. The van der Waals surface area contributed by atoms with E-state index in [1.54, 1.807) is 17.4 Å². The Labute approximate surface area is 136 Å². The van der Waals surface area contributed by atoms with Gasteiger partial charge in [-0.15, -0.1) is 0 Å². The maximum atomic E-state index is 14.9. The Morgan fingerprint density at radius 3 is 2.75 bits per heavy atom. The fourth-order valence-electron chi connectivity index (χ4n) is 1.86. The number of ether oxygens (including phenoxy) is 1. The Morgan fingerprint density at radius 2 is 2.12 bits per heavy atom.